The van der Waals surface area contributed by atoms with E-state index in [2.05, 4.69) is 10.3 Å². The van der Waals surface area contributed by atoms with Crippen LogP contribution in [0.15, 0.2) is 36.4 Å². The highest BCUT2D eigenvalue weighted by molar-refractivity contribution is 5.79. The lowest BCUT2D eigenvalue weighted by Gasteiger charge is -2.22. The molecular weight excluding hydrogens is 449 g/mol. The molecule has 7 nitrogen and oxygen atoms in total. The number of carbonyl (C=O) groups excluding carboxylic acids is 1. The smallest absolute Gasteiger partial charge is 0.416 e. The lowest BCUT2D eigenvalue weighted by molar-refractivity contribution is -0.137. The Morgan fingerprint density at radius 1 is 1.26 bits per heavy atom. The molecule has 1 amide bonds. The number of carbonyl (C=O) groups is 1. The standard InChI is InChI=1S/C24H27F3N4O3/c1-4-17-13-31(12-15-9-18(33-3)6-8-21(15)34-17)14-23(32)28-11-22-29-19-10-16(24(25,26)27)5-7-20(19)30(22)2/h5-10,17H,4,11-14H2,1-3H3,(H,28,32). The molecule has 3 aromatic rings. The normalized spacial score (nSPS) is 16.6. The first-order valence-corrected chi connectivity index (χ1v) is 11.0. The number of alkyl halides is 3. The molecule has 182 valence electrons. The monoisotopic (exact) mass is 476 g/mol. The van der Waals surface area contributed by atoms with Crippen LogP contribution < -0.4 is 14.8 Å². The number of methoxy groups -OCH3 is 1. The number of hydrogen-bond acceptors (Lipinski definition) is 5. The van der Waals surface area contributed by atoms with Gasteiger partial charge < -0.3 is 19.4 Å². The first-order chi connectivity index (χ1) is 16.2. The van der Waals surface area contributed by atoms with Crippen molar-refractivity contribution in [3.8, 4) is 11.5 Å². The van der Waals surface area contributed by atoms with Crippen molar-refractivity contribution in [2.24, 2.45) is 7.05 Å². The molecule has 1 aromatic heterocycles. The topological polar surface area (TPSA) is 68.6 Å². The fourth-order valence-electron chi connectivity index (χ4n) is 4.09. The third-order valence-corrected chi connectivity index (χ3v) is 5.98. The Labute approximate surface area is 195 Å². The summed E-state index contributed by atoms with van der Waals surface area (Å²) >= 11 is 0. The molecule has 0 aliphatic carbocycles. The van der Waals surface area contributed by atoms with Gasteiger partial charge in [-0.3, -0.25) is 9.69 Å². The van der Waals surface area contributed by atoms with Gasteiger partial charge in [0, 0.05) is 25.7 Å². The van der Waals surface area contributed by atoms with E-state index in [0.717, 1.165) is 35.6 Å². The quantitative estimate of drug-likeness (QED) is 0.585. The largest absolute Gasteiger partial charge is 0.497 e. The van der Waals surface area contributed by atoms with Crippen LogP contribution in [0.4, 0.5) is 13.2 Å². The first kappa shape index (κ1) is 23.9. The molecule has 1 atom stereocenters. The summed E-state index contributed by atoms with van der Waals surface area (Å²) in [6, 6.07) is 9.09. The molecule has 0 spiro atoms. The number of rotatable bonds is 6. The highest BCUT2D eigenvalue weighted by Crippen LogP contribution is 2.32. The summed E-state index contributed by atoms with van der Waals surface area (Å²) in [6.07, 6.45) is -3.69. The lowest BCUT2D eigenvalue weighted by atomic mass is 10.2. The molecule has 4 rings (SSSR count). The Morgan fingerprint density at radius 3 is 2.76 bits per heavy atom. The predicted octanol–water partition coefficient (Wildman–Crippen LogP) is 3.89. The van der Waals surface area contributed by atoms with E-state index in [4.69, 9.17) is 9.47 Å². The Kier molecular flexibility index (Phi) is 6.70. The number of aryl methyl sites for hydroxylation is 1. The van der Waals surface area contributed by atoms with Crippen molar-refractivity contribution in [2.75, 3.05) is 20.2 Å². The van der Waals surface area contributed by atoms with Crippen molar-refractivity contribution in [2.45, 2.75) is 38.7 Å². The molecule has 2 heterocycles. The summed E-state index contributed by atoms with van der Waals surface area (Å²) < 4.78 is 52.1. The van der Waals surface area contributed by atoms with Crippen molar-refractivity contribution in [3.05, 3.63) is 53.3 Å². The maximum Gasteiger partial charge on any atom is 0.416 e. The molecule has 0 saturated heterocycles. The number of amides is 1. The van der Waals surface area contributed by atoms with E-state index in [1.54, 1.807) is 18.7 Å². The second-order valence-electron chi connectivity index (χ2n) is 8.36. The van der Waals surface area contributed by atoms with E-state index >= 15 is 0 Å². The number of fused-ring (bicyclic) bond motifs is 2. The van der Waals surface area contributed by atoms with Crippen molar-refractivity contribution in [1.29, 1.82) is 0 Å². The van der Waals surface area contributed by atoms with Crippen LogP contribution in [0.1, 0.15) is 30.3 Å². The number of halogens is 3. The minimum absolute atomic E-state index is 0.0508. The number of nitrogens with zero attached hydrogens (tertiary/aromatic N) is 3. The van der Waals surface area contributed by atoms with E-state index in [1.807, 2.05) is 30.0 Å². The summed E-state index contributed by atoms with van der Waals surface area (Å²) in [7, 11) is 3.32. The Morgan fingerprint density at radius 2 is 2.06 bits per heavy atom. The molecule has 0 radical (unpaired) electrons. The van der Waals surface area contributed by atoms with Gasteiger partial charge in [-0.05, 0) is 42.8 Å². The number of hydrogen-bond donors (Lipinski definition) is 1. The van der Waals surface area contributed by atoms with Gasteiger partial charge in [-0.1, -0.05) is 6.92 Å². The van der Waals surface area contributed by atoms with Crippen LogP contribution in [0.3, 0.4) is 0 Å². The van der Waals surface area contributed by atoms with Gasteiger partial charge in [-0.25, -0.2) is 4.98 Å². The summed E-state index contributed by atoms with van der Waals surface area (Å²) in [4.78, 5) is 19.0. The Balaban J connectivity index is 1.44. The van der Waals surface area contributed by atoms with Gasteiger partial charge in [0.15, 0.2) is 0 Å². The van der Waals surface area contributed by atoms with E-state index in [9.17, 15) is 18.0 Å². The predicted molar refractivity (Wildman–Crippen MR) is 121 cm³/mol. The maximum absolute atomic E-state index is 13.0. The molecule has 1 unspecified atom stereocenters. The third-order valence-electron chi connectivity index (χ3n) is 5.98. The van der Waals surface area contributed by atoms with Gasteiger partial charge in [-0.2, -0.15) is 13.2 Å². The van der Waals surface area contributed by atoms with E-state index in [1.165, 1.54) is 6.07 Å². The average Bonchev–Trinajstić information content (AvgIpc) is 3.00. The average molecular weight is 476 g/mol. The third kappa shape index (κ3) is 5.11. The van der Waals surface area contributed by atoms with Gasteiger partial charge in [0.05, 0.1) is 36.8 Å². The Bertz CT molecular complexity index is 1190. The van der Waals surface area contributed by atoms with Crippen molar-refractivity contribution in [3.63, 3.8) is 0 Å². The lowest BCUT2D eigenvalue weighted by Crippen LogP contribution is -2.40. The van der Waals surface area contributed by atoms with Crippen LogP contribution in [0.5, 0.6) is 11.5 Å². The highest BCUT2D eigenvalue weighted by atomic mass is 19.4. The molecule has 0 saturated carbocycles. The molecular formula is C24H27F3N4O3. The SMILES string of the molecule is CCC1CN(CC(=O)NCc2nc3cc(C(F)(F)F)ccc3n2C)Cc2cc(OC)ccc2O1. The maximum atomic E-state index is 13.0. The zero-order valence-corrected chi connectivity index (χ0v) is 19.3. The molecule has 1 aliphatic heterocycles. The molecule has 0 fully saturated rings. The number of nitrogens with one attached hydrogen (secondary N) is 1. The van der Waals surface area contributed by atoms with E-state index in [-0.39, 0.29) is 30.6 Å². The van der Waals surface area contributed by atoms with E-state index in [0.29, 0.717) is 24.4 Å². The minimum Gasteiger partial charge on any atom is -0.497 e. The van der Waals surface area contributed by atoms with Crippen LogP contribution in [0, 0.1) is 0 Å². The summed E-state index contributed by atoms with van der Waals surface area (Å²) in [6.45, 7) is 3.42. The fourth-order valence-corrected chi connectivity index (χ4v) is 4.09. The fraction of sp³-hybridized carbons (Fsp3) is 0.417. The number of aromatic nitrogens is 2. The molecule has 0 bridgehead atoms. The van der Waals surface area contributed by atoms with E-state index < -0.39 is 11.7 Å². The first-order valence-electron chi connectivity index (χ1n) is 11.0. The molecule has 2 aromatic carbocycles. The zero-order valence-electron chi connectivity index (χ0n) is 19.3. The van der Waals surface area contributed by atoms with Crippen LogP contribution in [0.2, 0.25) is 0 Å². The van der Waals surface area contributed by atoms with Crippen LogP contribution >= 0.6 is 0 Å². The van der Waals surface area contributed by atoms with Gasteiger partial charge in [-0.15, -0.1) is 0 Å². The van der Waals surface area contributed by atoms with Crippen LogP contribution in [-0.4, -0.2) is 46.7 Å². The van der Waals surface area contributed by atoms with Gasteiger partial charge in [0.25, 0.3) is 0 Å². The second-order valence-corrected chi connectivity index (χ2v) is 8.36. The van der Waals surface area contributed by atoms with Crippen molar-refractivity contribution < 1.29 is 27.4 Å². The molecule has 10 heteroatoms. The molecule has 1 N–H and O–H groups in total. The zero-order chi connectivity index (χ0) is 24.5. The van der Waals surface area contributed by atoms with Crippen molar-refractivity contribution >= 4 is 16.9 Å². The van der Waals surface area contributed by atoms with Gasteiger partial charge >= 0.3 is 6.18 Å². The molecule has 1 aliphatic rings. The second kappa shape index (κ2) is 9.54. The number of benzene rings is 2. The van der Waals surface area contributed by atoms with Crippen LogP contribution in [-0.2, 0) is 31.1 Å². The summed E-state index contributed by atoms with van der Waals surface area (Å²) in [5, 5.41) is 2.84. The van der Waals surface area contributed by atoms with Gasteiger partial charge in [0.1, 0.15) is 23.4 Å². The minimum atomic E-state index is -4.43. The van der Waals surface area contributed by atoms with Crippen LogP contribution in [0.25, 0.3) is 11.0 Å². The summed E-state index contributed by atoms with van der Waals surface area (Å²) in [5.41, 5.74) is 0.999. The molecule has 34 heavy (non-hydrogen) atoms. The summed E-state index contributed by atoms with van der Waals surface area (Å²) in [5.74, 6) is 1.78. The highest BCUT2D eigenvalue weighted by Gasteiger charge is 2.31. The number of ether oxygens (including phenoxy) is 2. The van der Waals surface area contributed by atoms with Gasteiger partial charge in [0.2, 0.25) is 5.91 Å². The Hall–Kier alpha value is -3.27. The number of imidazole rings is 1. The van der Waals surface area contributed by atoms with Crippen molar-refractivity contribution in [1.82, 2.24) is 19.8 Å².